The summed E-state index contributed by atoms with van der Waals surface area (Å²) in [6.45, 7) is 2.43. The quantitative estimate of drug-likeness (QED) is 0.701. The molecule has 0 spiro atoms. The molecule has 1 aliphatic heterocycles. The lowest BCUT2D eigenvalue weighted by atomic mass is 10.1. The number of aliphatic hydroxyl groups is 1. The van der Waals surface area contributed by atoms with Crippen LogP contribution in [0, 0.1) is 0 Å². The number of carboxylic acids is 1. The molecule has 1 rings (SSSR count). The van der Waals surface area contributed by atoms with Gasteiger partial charge in [0.05, 0.1) is 19.1 Å². The molecular formula is C13H24N2O4. The summed E-state index contributed by atoms with van der Waals surface area (Å²) in [5.41, 5.74) is 0. The second kappa shape index (κ2) is 7.99. The highest BCUT2D eigenvalue weighted by molar-refractivity contribution is 5.76. The van der Waals surface area contributed by atoms with E-state index in [2.05, 4.69) is 5.32 Å². The molecule has 1 heterocycles. The van der Waals surface area contributed by atoms with Gasteiger partial charge in [-0.25, -0.2) is 4.79 Å². The van der Waals surface area contributed by atoms with Crippen molar-refractivity contribution < 1.29 is 19.8 Å². The molecule has 0 aromatic carbocycles. The molecule has 0 bridgehead atoms. The van der Waals surface area contributed by atoms with E-state index in [-0.39, 0.29) is 31.1 Å². The third-order valence-corrected chi connectivity index (χ3v) is 3.59. The lowest BCUT2D eigenvalue weighted by molar-refractivity contribution is -0.137. The fraction of sp³-hybridized carbons (Fsp3) is 0.846. The highest BCUT2D eigenvalue weighted by Gasteiger charge is 2.26. The zero-order valence-electron chi connectivity index (χ0n) is 11.5. The second-order valence-electron chi connectivity index (χ2n) is 5.03. The van der Waals surface area contributed by atoms with Crippen molar-refractivity contribution in [2.24, 2.45) is 0 Å². The zero-order chi connectivity index (χ0) is 14.3. The summed E-state index contributed by atoms with van der Waals surface area (Å²) in [5.74, 6) is -0.915. The number of carbonyl (C=O) groups is 2. The van der Waals surface area contributed by atoms with Crippen LogP contribution in [0.3, 0.4) is 0 Å². The third kappa shape index (κ3) is 5.06. The lowest BCUT2D eigenvalue weighted by Gasteiger charge is -2.30. The zero-order valence-corrected chi connectivity index (χ0v) is 11.5. The van der Waals surface area contributed by atoms with Crippen molar-refractivity contribution in [1.29, 1.82) is 0 Å². The Hall–Kier alpha value is -1.30. The number of nitrogens with one attached hydrogen (secondary N) is 1. The Balaban J connectivity index is 2.59. The Labute approximate surface area is 113 Å². The summed E-state index contributed by atoms with van der Waals surface area (Å²) in [5, 5.41) is 20.9. The molecule has 2 amide bonds. The Kier molecular flexibility index (Phi) is 6.62. The summed E-state index contributed by atoms with van der Waals surface area (Å²) in [4.78, 5) is 24.5. The monoisotopic (exact) mass is 272 g/mol. The molecule has 19 heavy (non-hydrogen) atoms. The molecule has 1 aliphatic rings. The van der Waals surface area contributed by atoms with Crippen LogP contribution < -0.4 is 5.32 Å². The van der Waals surface area contributed by atoms with Crippen LogP contribution in [0.2, 0.25) is 0 Å². The van der Waals surface area contributed by atoms with Gasteiger partial charge in [-0.2, -0.15) is 0 Å². The smallest absolute Gasteiger partial charge is 0.317 e. The highest BCUT2D eigenvalue weighted by atomic mass is 16.4. The summed E-state index contributed by atoms with van der Waals surface area (Å²) >= 11 is 0. The number of aliphatic carboxylic acids is 1. The van der Waals surface area contributed by atoms with Gasteiger partial charge in [0.15, 0.2) is 0 Å². The fourth-order valence-corrected chi connectivity index (χ4v) is 2.40. The molecule has 6 heteroatoms. The van der Waals surface area contributed by atoms with Crippen LogP contribution in [0.1, 0.15) is 45.4 Å². The van der Waals surface area contributed by atoms with Crippen LogP contribution in [0.15, 0.2) is 0 Å². The number of hydrogen-bond acceptors (Lipinski definition) is 3. The maximum Gasteiger partial charge on any atom is 0.317 e. The van der Waals surface area contributed by atoms with E-state index in [9.17, 15) is 14.7 Å². The van der Waals surface area contributed by atoms with E-state index in [0.717, 1.165) is 25.7 Å². The number of amides is 2. The van der Waals surface area contributed by atoms with Crippen molar-refractivity contribution in [3.8, 4) is 0 Å². The minimum atomic E-state index is -0.915. The third-order valence-electron chi connectivity index (χ3n) is 3.59. The molecule has 6 nitrogen and oxygen atoms in total. The Bertz CT molecular complexity index is 309. The predicted octanol–water partition coefficient (Wildman–Crippen LogP) is 1.19. The van der Waals surface area contributed by atoms with Crippen molar-refractivity contribution in [3.05, 3.63) is 0 Å². The molecule has 2 atom stereocenters. The fourth-order valence-electron chi connectivity index (χ4n) is 2.40. The molecule has 110 valence electrons. The summed E-state index contributed by atoms with van der Waals surface area (Å²) in [7, 11) is 0. The normalized spacial score (nSPS) is 21.6. The molecule has 1 saturated heterocycles. The van der Waals surface area contributed by atoms with Crippen LogP contribution in [-0.4, -0.2) is 52.3 Å². The number of likely N-dealkylation sites (tertiary alicyclic amines) is 1. The SMILES string of the molecule is CCC(CC(=O)O)NC(=O)N1CCCCCC1CO. The van der Waals surface area contributed by atoms with Gasteiger partial charge >= 0.3 is 12.0 Å². The summed E-state index contributed by atoms with van der Waals surface area (Å²) < 4.78 is 0. The molecule has 0 aliphatic carbocycles. The van der Waals surface area contributed by atoms with Gasteiger partial charge in [-0.3, -0.25) is 4.79 Å². The van der Waals surface area contributed by atoms with E-state index < -0.39 is 5.97 Å². The van der Waals surface area contributed by atoms with Gasteiger partial charge < -0.3 is 20.4 Å². The van der Waals surface area contributed by atoms with Gasteiger partial charge in [0.1, 0.15) is 0 Å². The Morgan fingerprint density at radius 1 is 1.37 bits per heavy atom. The number of urea groups is 1. The van der Waals surface area contributed by atoms with Crippen LogP contribution in [0.25, 0.3) is 0 Å². The van der Waals surface area contributed by atoms with Crippen molar-refractivity contribution in [2.75, 3.05) is 13.2 Å². The second-order valence-corrected chi connectivity index (χ2v) is 5.03. The number of nitrogens with zero attached hydrogens (tertiary/aromatic N) is 1. The number of carboxylic acid groups (broad SMARTS) is 1. The van der Waals surface area contributed by atoms with Crippen molar-refractivity contribution in [2.45, 2.75) is 57.5 Å². The topological polar surface area (TPSA) is 89.9 Å². The van der Waals surface area contributed by atoms with Crippen molar-refractivity contribution in [1.82, 2.24) is 10.2 Å². The first-order valence-electron chi connectivity index (χ1n) is 6.98. The standard InChI is InChI=1S/C13H24N2O4/c1-2-10(8-12(17)18)14-13(19)15-7-5-3-4-6-11(15)9-16/h10-11,16H,2-9H2,1H3,(H,14,19)(H,17,18). The lowest BCUT2D eigenvalue weighted by Crippen LogP contribution is -2.50. The van der Waals surface area contributed by atoms with Crippen LogP contribution in [-0.2, 0) is 4.79 Å². The van der Waals surface area contributed by atoms with E-state index in [1.165, 1.54) is 0 Å². The van der Waals surface area contributed by atoms with Crippen molar-refractivity contribution in [3.63, 3.8) is 0 Å². The Morgan fingerprint density at radius 3 is 2.68 bits per heavy atom. The number of carbonyl (C=O) groups excluding carboxylic acids is 1. The first kappa shape index (κ1) is 15.8. The largest absolute Gasteiger partial charge is 0.481 e. The van der Waals surface area contributed by atoms with E-state index in [0.29, 0.717) is 13.0 Å². The molecule has 0 aromatic rings. The first-order chi connectivity index (χ1) is 9.08. The van der Waals surface area contributed by atoms with Crippen LogP contribution in [0.5, 0.6) is 0 Å². The van der Waals surface area contributed by atoms with Gasteiger partial charge in [-0.15, -0.1) is 0 Å². The minimum Gasteiger partial charge on any atom is -0.481 e. The van der Waals surface area contributed by atoms with Crippen LogP contribution in [0.4, 0.5) is 4.79 Å². The average molecular weight is 272 g/mol. The molecule has 0 radical (unpaired) electrons. The molecule has 0 aromatic heterocycles. The van der Waals surface area contributed by atoms with Gasteiger partial charge in [-0.05, 0) is 19.3 Å². The van der Waals surface area contributed by atoms with E-state index in [1.807, 2.05) is 6.92 Å². The highest BCUT2D eigenvalue weighted by Crippen LogP contribution is 2.16. The molecule has 3 N–H and O–H groups in total. The molecule has 1 fully saturated rings. The maximum atomic E-state index is 12.2. The Morgan fingerprint density at radius 2 is 2.11 bits per heavy atom. The van der Waals surface area contributed by atoms with E-state index >= 15 is 0 Å². The van der Waals surface area contributed by atoms with E-state index in [4.69, 9.17) is 5.11 Å². The van der Waals surface area contributed by atoms with Gasteiger partial charge in [0.25, 0.3) is 0 Å². The van der Waals surface area contributed by atoms with E-state index in [1.54, 1.807) is 4.90 Å². The summed E-state index contributed by atoms with van der Waals surface area (Å²) in [6, 6.07) is -0.758. The maximum absolute atomic E-state index is 12.2. The van der Waals surface area contributed by atoms with Crippen LogP contribution >= 0.6 is 0 Å². The predicted molar refractivity (Wildman–Crippen MR) is 70.9 cm³/mol. The number of hydrogen-bond donors (Lipinski definition) is 3. The van der Waals surface area contributed by atoms with Gasteiger partial charge in [-0.1, -0.05) is 19.8 Å². The number of aliphatic hydroxyl groups excluding tert-OH is 1. The average Bonchev–Trinajstić information content (AvgIpc) is 2.62. The summed E-state index contributed by atoms with van der Waals surface area (Å²) in [6.07, 6.45) is 4.32. The minimum absolute atomic E-state index is 0.0385. The van der Waals surface area contributed by atoms with Gasteiger partial charge in [0, 0.05) is 12.6 Å². The van der Waals surface area contributed by atoms with Crippen molar-refractivity contribution >= 4 is 12.0 Å². The molecule has 2 unspecified atom stereocenters. The first-order valence-corrected chi connectivity index (χ1v) is 6.98. The van der Waals surface area contributed by atoms with Gasteiger partial charge in [0.2, 0.25) is 0 Å². The number of rotatable bonds is 5. The molecule has 0 saturated carbocycles. The molecular weight excluding hydrogens is 248 g/mol.